The summed E-state index contributed by atoms with van der Waals surface area (Å²) in [6.07, 6.45) is 2.60. The van der Waals surface area contributed by atoms with Gasteiger partial charge in [0.2, 0.25) is 5.91 Å². The van der Waals surface area contributed by atoms with Gasteiger partial charge in [-0.25, -0.2) is 4.68 Å². The van der Waals surface area contributed by atoms with Gasteiger partial charge in [-0.3, -0.25) is 14.6 Å². The number of benzene rings is 1. The van der Waals surface area contributed by atoms with E-state index in [2.05, 4.69) is 64.5 Å². The van der Waals surface area contributed by atoms with Crippen molar-refractivity contribution in [1.29, 1.82) is 0 Å². The second-order valence-electron chi connectivity index (χ2n) is 8.47. The van der Waals surface area contributed by atoms with Crippen molar-refractivity contribution < 1.29 is 4.79 Å². The lowest BCUT2D eigenvalue weighted by Crippen LogP contribution is -2.60. The molecule has 3 heterocycles. The molecule has 150 valence electrons. The van der Waals surface area contributed by atoms with Crippen LogP contribution in [-0.4, -0.2) is 64.3 Å². The number of hydrogen-bond donors (Lipinski definition) is 1. The molecule has 1 aromatic heterocycles. The molecule has 1 amide bonds. The molecule has 1 N–H and O–H groups in total. The predicted molar refractivity (Wildman–Crippen MR) is 111 cm³/mol. The van der Waals surface area contributed by atoms with Crippen LogP contribution in [0.15, 0.2) is 30.3 Å². The molecule has 4 rings (SSSR count). The molecule has 0 aliphatic carbocycles. The van der Waals surface area contributed by atoms with E-state index in [0.717, 1.165) is 62.6 Å². The Kier molecular flexibility index (Phi) is 5.25. The number of nitrogens with one attached hydrogen (secondary N) is 1. The van der Waals surface area contributed by atoms with Crippen LogP contribution in [0.1, 0.15) is 36.2 Å². The van der Waals surface area contributed by atoms with Crippen molar-refractivity contribution in [2.75, 3.05) is 33.2 Å². The summed E-state index contributed by atoms with van der Waals surface area (Å²) in [5, 5.41) is 7.66. The van der Waals surface area contributed by atoms with Gasteiger partial charge >= 0.3 is 0 Å². The van der Waals surface area contributed by atoms with Crippen LogP contribution in [0.5, 0.6) is 0 Å². The third-order valence-electron chi connectivity index (χ3n) is 6.38. The minimum Gasteiger partial charge on any atom is -0.356 e. The summed E-state index contributed by atoms with van der Waals surface area (Å²) in [4.78, 5) is 16.9. The number of piperazine rings is 1. The zero-order valence-electron chi connectivity index (χ0n) is 17.2. The van der Waals surface area contributed by atoms with E-state index in [1.807, 2.05) is 11.6 Å². The topological polar surface area (TPSA) is 53.4 Å². The third kappa shape index (κ3) is 3.84. The van der Waals surface area contributed by atoms with Gasteiger partial charge in [-0.1, -0.05) is 12.1 Å². The Morgan fingerprint density at radius 1 is 1.18 bits per heavy atom. The maximum absolute atomic E-state index is 11.8. The fraction of sp³-hybridized carbons (Fsp3) is 0.545. The molecule has 6 nitrogen and oxygen atoms in total. The summed E-state index contributed by atoms with van der Waals surface area (Å²) in [7, 11) is 2.22. The molecule has 1 spiro atoms. The molecule has 6 heteroatoms. The average molecular weight is 382 g/mol. The van der Waals surface area contributed by atoms with Crippen molar-refractivity contribution in [2.45, 2.75) is 45.2 Å². The van der Waals surface area contributed by atoms with Crippen molar-refractivity contribution in [2.24, 2.45) is 0 Å². The lowest BCUT2D eigenvalue weighted by atomic mass is 9.86. The van der Waals surface area contributed by atoms with E-state index in [4.69, 9.17) is 0 Å². The summed E-state index contributed by atoms with van der Waals surface area (Å²) >= 11 is 0. The molecule has 0 radical (unpaired) electrons. The second kappa shape index (κ2) is 7.68. The van der Waals surface area contributed by atoms with Gasteiger partial charge in [0.15, 0.2) is 0 Å². The number of hydrogen-bond acceptors (Lipinski definition) is 4. The first kappa shape index (κ1) is 19.2. The summed E-state index contributed by atoms with van der Waals surface area (Å²) in [5.74, 6) is 0.194. The molecule has 2 fully saturated rings. The molecule has 28 heavy (non-hydrogen) atoms. The number of likely N-dealkylation sites (N-methyl/N-ethyl adjacent to an activating group) is 1. The van der Waals surface area contributed by atoms with E-state index in [1.54, 1.807) is 0 Å². The summed E-state index contributed by atoms with van der Waals surface area (Å²) in [6, 6.07) is 10.8. The van der Waals surface area contributed by atoms with Crippen LogP contribution in [0, 0.1) is 13.8 Å². The van der Waals surface area contributed by atoms with E-state index in [9.17, 15) is 4.79 Å². The number of rotatable bonds is 3. The highest BCUT2D eigenvalue weighted by Crippen LogP contribution is 2.31. The van der Waals surface area contributed by atoms with Gasteiger partial charge < -0.3 is 5.32 Å². The van der Waals surface area contributed by atoms with Crippen LogP contribution in [0.2, 0.25) is 0 Å². The first-order chi connectivity index (χ1) is 13.4. The standard InChI is InChI=1S/C22H31N5O/c1-17-13-18(2)27(24-17)20-6-4-5-19(14-20)15-26-12-11-25(3)22(16-26)8-7-21(28)23-10-9-22/h4-6,13-14H,7-12,15-16H2,1-3H3,(H,23,28). The van der Waals surface area contributed by atoms with E-state index < -0.39 is 0 Å². The number of amides is 1. The quantitative estimate of drug-likeness (QED) is 0.886. The van der Waals surface area contributed by atoms with Crippen molar-refractivity contribution in [1.82, 2.24) is 24.9 Å². The molecule has 2 aliphatic heterocycles. The fourth-order valence-corrected chi connectivity index (χ4v) is 4.75. The van der Waals surface area contributed by atoms with Crippen LogP contribution in [0.3, 0.4) is 0 Å². The van der Waals surface area contributed by atoms with Crippen LogP contribution >= 0.6 is 0 Å². The molecule has 2 aliphatic rings. The average Bonchev–Trinajstić information content (AvgIpc) is 2.90. The fourth-order valence-electron chi connectivity index (χ4n) is 4.75. The van der Waals surface area contributed by atoms with Gasteiger partial charge in [-0.2, -0.15) is 5.10 Å². The monoisotopic (exact) mass is 381 g/mol. The number of nitrogens with zero attached hydrogens (tertiary/aromatic N) is 4. The molecular weight excluding hydrogens is 350 g/mol. The van der Waals surface area contributed by atoms with Gasteiger partial charge in [-0.15, -0.1) is 0 Å². The Morgan fingerprint density at radius 3 is 2.82 bits per heavy atom. The van der Waals surface area contributed by atoms with Crippen LogP contribution < -0.4 is 5.32 Å². The van der Waals surface area contributed by atoms with Gasteiger partial charge in [0.1, 0.15) is 0 Å². The van der Waals surface area contributed by atoms with Gasteiger partial charge in [0, 0.05) is 50.4 Å². The number of aryl methyl sites for hydroxylation is 2. The van der Waals surface area contributed by atoms with Gasteiger partial charge in [0.05, 0.1) is 11.4 Å². The van der Waals surface area contributed by atoms with E-state index >= 15 is 0 Å². The zero-order chi connectivity index (χ0) is 19.7. The summed E-state index contributed by atoms with van der Waals surface area (Å²) in [6.45, 7) is 8.97. The van der Waals surface area contributed by atoms with Gasteiger partial charge in [0.25, 0.3) is 0 Å². The van der Waals surface area contributed by atoms with Crippen molar-refractivity contribution in [3.05, 3.63) is 47.3 Å². The summed E-state index contributed by atoms with van der Waals surface area (Å²) in [5.41, 5.74) is 4.73. The highest BCUT2D eigenvalue weighted by atomic mass is 16.1. The van der Waals surface area contributed by atoms with Crippen LogP contribution in [0.4, 0.5) is 0 Å². The molecule has 2 aromatic rings. The Labute approximate surface area is 167 Å². The molecule has 1 aromatic carbocycles. The number of aromatic nitrogens is 2. The third-order valence-corrected chi connectivity index (χ3v) is 6.38. The molecule has 1 atom stereocenters. The SMILES string of the molecule is Cc1cc(C)n(-c2cccc(CN3CCN(C)C4(CCNC(=O)CC4)C3)c2)n1. The first-order valence-corrected chi connectivity index (χ1v) is 10.3. The molecule has 0 bridgehead atoms. The van der Waals surface area contributed by atoms with Crippen molar-refractivity contribution in [3.8, 4) is 5.69 Å². The van der Waals surface area contributed by atoms with Crippen LogP contribution in [-0.2, 0) is 11.3 Å². The molecule has 2 saturated heterocycles. The molecular formula is C22H31N5O. The highest BCUT2D eigenvalue weighted by molar-refractivity contribution is 5.76. The molecule has 0 saturated carbocycles. The van der Waals surface area contributed by atoms with E-state index in [-0.39, 0.29) is 11.4 Å². The minimum atomic E-state index is 0.102. The molecule has 1 unspecified atom stereocenters. The zero-order valence-corrected chi connectivity index (χ0v) is 17.2. The lowest BCUT2D eigenvalue weighted by Gasteiger charge is -2.49. The van der Waals surface area contributed by atoms with E-state index in [0.29, 0.717) is 6.42 Å². The Morgan fingerprint density at radius 2 is 2.04 bits per heavy atom. The van der Waals surface area contributed by atoms with Gasteiger partial charge in [-0.05, 0) is 57.5 Å². The maximum atomic E-state index is 11.8. The van der Waals surface area contributed by atoms with Crippen molar-refractivity contribution >= 4 is 5.91 Å². The van der Waals surface area contributed by atoms with Crippen molar-refractivity contribution in [3.63, 3.8) is 0 Å². The Hall–Kier alpha value is -2.18. The smallest absolute Gasteiger partial charge is 0.220 e. The normalized spacial score (nSPS) is 24.3. The highest BCUT2D eigenvalue weighted by Gasteiger charge is 2.40. The maximum Gasteiger partial charge on any atom is 0.220 e. The van der Waals surface area contributed by atoms with Crippen LogP contribution in [0.25, 0.3) is 5.69 Å². The number of carbonyl (C=O) groups is 1. The van der Waals surface area contributed by atoms with E-state index in [1.165, 1.54) is 5.56 Å². The predicted octanol–water partition coefficient (Wildman–Crippen LogP) is 2.28. The largest absolute Gasteiger partial charge is 0.356 e. The first-order valence-electron chi connectivity index (χ1n) is 10.3. The summed E-state index contributed by atoms with van der Waals surface area (Å²) < 4.78 is 2.02. The Balaban J connectivity index is 1.50. The lowest BCUT2D eigenvalue weighted by molar-refractivity contribution is -0.121. The Bertz CT molecular complexity index is 860. The second-order valence-corrected chi connectivity index (χ2v) is 8.47. The minimum absolute atomic E-state index is 0.102. The number of carbonyl (C=O) groups excluding carboxylic acids is 1.